The van der Waals surface area contributed by atoms with Crippen molar-refractivity contribution < 1.29 is 0 Å². The van der Waals surface area contributed by atoms with E-state index in [2.05, 4.69) is 48.4 Å². The molecule has 100 valence electrons. The zero-order chi connectivity index (χ0) is 13.3. The third kappa shape index (κ3) is 2.86. The Hall–Kier alpha value is -0.840. The van der Waals surface area contributed by atoms with Crippen LogP contribution in [0.25, 0.3) is 0 Å². The Balaban J connectivity index is 1.60. The average Bonchev–Trinajstić information content (AvgIpc) is 3.05. The maximum absolute atomic E-state index is 4.42. The molecule has 2 heterocycles. The SMILES string of the molecule is CC(C)(NCC1Cc2ccccc2S1)c1nccs1. The lowest BCUT2D eigenvalue weighted by Gasteiger charge is -2.25. The molecule has 19 heavy (non-hydrogen) atoms. The standard InChI is InChI=1S/C15H18N2S2/c1-15(2,14-16-7-8-18-14)17-10-12-9-11-5-3-4-6-13(11)19-12/h3-8,12,17H,9-10H2,1-2H3. The van der Waals surface area contributed by atoms with Gasteiger partial charge in [-0.3, -0.25) is 0 Å². The second-order valence-corrected chi connectivity index (χ2v) is 7.63. The Morgan fingerprint density at radius 1 is 1.37 bits per heavy atom. The molecule has 3 rings (SSSR count). The van der Waals surface area contributed by atoms with E-state index in [1.165, 1.54) is 16.9 Å². The molecule has 1 aliphatic heterocycles. The summed E-state index contributed by atoms with van der Waals surface area (Å²) in [5.41, 5.74) is 1.45. The van der Waals surface area contributed by atoms with E-state index < -0.39 is 0 Å². The van der Waals surface area contributed by atoms with Gasteiger partial charge in [-0.2, -0.15) is 0 Å². The number of hydrogen-bond acceptors (Lipinski definition) is 4. The van der Waals surface area contributed by atoms with Crippen LogP contribution >= 0.6 is 23.1 Å². The molecule has 1 aliphatic rings. The van der Waals surface area contributed by atoms with Crippen LogP contribution in [0.3, 0.4) is 0 Å². The molecule has 4 heteroatoms. The molecular weight excluding hydrogens is 272 g/mol. The highest BCUT2D eigenvalue weighted by atomic mass is 32.2. The van der Waals surface area contributed by atoms with Gasteiger partial charge in [0, 0.05) is 28.3 Å². The normalized spacial score (nSPS) is 18.5. The van der Waals surface area contributed by atoms with Crippen LogP contribution in [0.15, 0.2) is 40.7 Å². The van der Waals surface area contributed by atoms with Gasteiger partial charge >= 0.3 is 0 Å². The van der Waals surface area contributed by atoms with Crippen molar-refractivity contribution in [2.24, 2.45) is 0 Å². The first kappa shape index (κ1) is 13.2. The van der Waals surface area contributed by atoms with Crippen LogP contribution < -0.4 is 5.32 Å². The van der Waals surface area contributed by atoms with Crippen molar-refractivity contribution in [1.82, 2.24) is 10.3 Å². The zero-order valence-electron chi connectivity index (χ0n) is 11.2. The number of nitrogens with zero attached hydrogens (tertiary/aromatic N) is 1. The molecular formula is C15H18N2S2. The summed E-state index contributed by atoms with van der Waals surface area (Å²) in [4.78, 5) is 5.87. The van der Waals surface area contributed by atoms with Crippen LogP contribution in [0.2, 0.25) is 0 Å². The molecule has 2 nitrogen and oxygen atoms in total. The molecule has 0 spiro atoms. The van der Waals surface area contributed by atoms with Gasteiger partial charge in [0.25, 0.3) is 0 Å². The summed E-state index contributed by atoms with van der Waals surface area (Å²) in [5.74, 6) is 0. The predicted octanol–water partition coefficient (Wildman–Crippen LogP) is 3.68. The van der Waals surface area contributed by atoms with Gasteiger partial charge in [0.15, 0.2) is 0 Å². The van der Waals surface area contributed by atoms with Crippen molar-refractivity contribution in [3.8, 4) is 0 Å². The first-order valence-corrected chi connectivity index (χ1v) is 8.31. The Bertz CT molecular complexity index is 524. The highest BCUT2D eigenvalue weighted by molar-refractivity contribution is 8.00. The molecule has 1 aromatic heterocycles. The van der Waals surface area contributed by atoms with Gasteiger partial charge < -0.3 is 5.32 Å². The smallest absolute Gasteiger partial charge is 0.112 e. The molecule has 1 N–H and O–H groups in total. The van der Waals surface area contributed by atoms with Crippen LogP contribution in [0, 0.1) is 0 Å². The van der Waals surface area contributed by atoms with Gasteiger partial charge in [-0.1, -0.05) is 18.2 Å². The van der Waals surface area contributed by atoms with Crippen molar-refractivity contribution in [3.05, 3.63) is 46.4 Å². The molecule has 1 atom stereocenters. The van der Waals surface area contributed by atoms with E-state index in [4.69, 9.17) is 0 Å². The molecule has 1 aromatic carbocycles. The summed E-state index contributed by atoms with van der Waals surface area (Å²) in [6.45, 7) is 5.43. The summed E-state index contributed by atoms with van der Waals surface area (Å²) in [5, 5.41) is 7.50. The van der Waals surface area contributed by atoms with Crippen LogP contribution in [0.1, 0.15) is 24.4 Å². The van der Waals surface area contributed by atoms with Gasteiger partial charge in [-0.15, -0.1) is 23.1 Å². The van der Waals surface area contributed by atoms with Crippen molar-refractivity contribution >= 4 is 23.1 Å². The molecule has 0 bridgehead atoms. The highest BCUT2D eigenvalue weighted by Crippen LogP contribution is 2.36. The Kier molecular flexibility index (Phi) is 3.65. The number of nitrogens with one attached hydrogen (secondary N) is 1. The monoisotopic (exact) mass is 290 g/mol. The lowest BCUT2D eigenvalue weighted by molar-refractivity contribution is 0.402. The van der Waals surface area contributed by atoms with Crippen LogP contribution in [0.4, 0.5) is 0 Å². The van der Waals surface area contributed by atoms with E-state index in [1.807, 2.05) is 23.3 Å². The first-order chi connectivity index (χ1) is 9.15. The predicted molar refractivity (Wildman–Crippen MR) is 82.9 cm³/mol. The summed E-state index contributed by atoms with van der Waals surface area (Å²) in [6, 6.07) is 8.73. The molecule has 0 saturated heterocycles. The third-order valence-electron chi connectivity index (χ3n) is 3.45. The second-order valence-electron chi connectivity index (χ2n) is 5.39. The zero-order valence-corrected chi connectivity index (χ0v) is 12.9. The van der Waals surface area contributed by atoms with E-state index in [0.29, 0.717) is 5.25 Å². The Labute approximate surface area is 122 Å². The molecule has 2 aromatic rings. The van der Waals surface area contributed by atoms with E-state index in [-0.39, 0.29) is 5.54 Å². The number of rotatable bonds is 4. The van der Waals surface area contributed by atoms with E-state index in [9.17, 15) is 0 Å². The summed E-state index contributed by atoms with van der Waals surface area (Å²) in [7, 11) is 0. The summed E-state index contributed by atoms with van der Waals surface area (Å²) < 4.78 is 0. The van der Waals surface area contributed by atoms with Gasteiger partial charge in [0.2, 0.25) is 0 Å². The lowest BCUT2D eigenvalue weighted by atomic mass is 10.1. The summed E-state index contributed by atoms with van der Waals surface area (Å²) >= 11 is 3.71. The van der Waals surface area contributed by atoms with Crippen molar-refractivity contribution in [2.75, 3.05) is 6.54 Å². The van der Waals surface area contributed by atoms with Crippen molar-refractivity contribution in [1.29, 1.82) is 0 Å². The molecule has 0 fully saturated rings. The minimum absolute atomic E-state index is 0.0382. The largest absolute Gasteiger partial charge is 0.305 e. The number of thiazole rings is 1. The maximum atomic E-state index is 4.42. The van der Waals surface area contributed by atoms with Crippen LogP contribution in [-0.4, -0.2) is 16.8 Å². The molecule has 0 amide bonds. The highest BCUT2D eigenvalue weighted by Gasteiger charge is 2.27. The fourth-order valence-corrected chi connectivity index (χ4v) is 4.33. The number of benzene rings is 1. The van der Waals surface area contributed by atoms with E-state index in [0.717, 1.165) is 11.6 Å². The van der Waals surface area contributed by atoms with Gasteiger partial charge in [0.1, 0.15) is 5.01 Å². The van der Waals surface area contributed by atoms with Crippen molar-refractivity contribution in [2.45, 2.75) is 36.0 Å². The van der Waals surface area contributed by atoms with Crippen LogP contribution in [-0.2, 0) is 12.0 Å². The van der Waals surface area contributed by atoms with Gasteiger partial charge in [-0.05, 0) is 31.9 Å². The topological polar surface area (TPSA) is 24.9 Å². The van der Waals surface area contributed by atoms with Crippen molar-refractivity contribution in [3.63, 3.8) is 0 Å². The third-order valence-corrected chi connectivity index (χ3v) is 5.87. The Morgan fingerprint density at radius 3 is 2.95 bits per heavy atom. The molecule has 0 aliphatic carbocycles. The fourth-order valence-electron chi connectivity index (χ4n) is 2.34. The first-order valence-electron chi connectivity index (χ1n) is 6.55. The Morgan fingerprint density at radius 2 is 2.21 bits per heavy atom. The number of thioether (sulfide) groups is 1. The molecule has 1 unspecified atom stereocenters. The van der Waals surface area contributed by atoms with E-state index >= 15 is 0 Å². The fraction of sp³-hybridized carbons (Fsp3) is 0.400. The van der Waals surface area contributed by atoms with Crippen LogP contribution in [0.5, 0.6) is 0 Å². The van der Waals surface area contributed by atoms with Gasteiger partial charge in [0.05, 0.1) is 5.54 Å². The number of fused-ring (bicyclic) bond motifs is 1. The maximum Gasteiger partial charge on any atom is 0.112 e. The number of hydrogen-bond donors (Lipinski definition) is 1. The molecule has 0 radical (unpaired) electrons. The van der Waals surface area contributed by atoms with E-state index in [1.54, 1.807) is 11.3 Å². The lowest BCUT2D eigenvalue weighted by Crippen LogP contribution is -2.40. The minimum Gasteiger partial charge on any atom is -0.305 e. The number of aromatic nitrogens is 1. The van der Waals surface area contributed by atoms with Gasteiger partial charge in [-0.25, -0.2) is 4.98 Å². The summed E-state index contributed by atoms with van der Waals surface area (Å²) in [6.07, 6.45) is 3.05. The second kappa shape index (κ2) is 5.27. The molecule has 0 saturated carbocycles. The average molecular weight is 290 g/mol. The minimum atomic E-state index is -0.0382. The quantitative estimate of drug-likeness (QED) is 0.929.